The van der Waals surface area contributed by atoms with Gasteiger partial charge in [-0.2, -0.15) is 0 Å². The quantitative estimate of drug-likeness (QED) is 0.375. The molecule has 0 spiro atoms. The second-order valence-corrected chi connectivity index (χ2v) is 7.80. The molecule has 3 heterocycles. The van der Waals surface area contributed by atoms with Crippen molar-refractivity contribution in [2.45, 2.75) is 6.42 Å². The summed E-state index contributed by atoms with van der Waals surface area (Å²) in [5.74, 6) is 2.15. The molecule has 2 aromatic heterocycles. The van der Waals surface area contributed by atoms with E-state index in [4.69, 9.17) is 18.9 Å². The van der Waals surface area contributed by atoms with E-state index in [0.29, 0.717) is 35.4 Å². The second-order valence-electron chi connectivity index (χ2n) is 7.80. The molecule has 0 radical (unpaired) electrons. The molecule has 4 aromatic rings. The number of fused-ring (bicyclic) bond motifs is 2. The molecular formula is C25H26N4O4. The number of methoxy groups -OCH3 is 1. The maximum absolute atomic E-state index is 6.04. The van der Waals surface area contributed by atoms with Crippen LogP contribution >= 0.6 is 0 Å². The molecular weight excluding hydrogens is 420 g/mol. The summed E-state index contributed by atoms with van der Waals surface area (Å²) in [5, 5.41) is 1.78. The SMILES string of the molecule is COc1cc2c(Oc3ccc4ccccc4n3)ncnc2cc1OCCCN1CCOCC1. The molecule has 0 unspecified atom stereocenters. The maximum Gasteiger partial charge on any atom is 0.232 e. The highest BCUT2D eigenvalue weighted by Gasteiger charge is 2.14. The zero-order valence-corrected chi connectivity index (χ0v) is 18.6. The van der Waals surface area contributed by atoms with E-state index in [1.165, 1.54) is 6.33 Å². The van der Waals surface area contributed by atoms with E-state index in [1.807, 2.05) is 48.5 Å². The molecule has 8 nitrogen and oxygen atoms in total. The van der Waals surface area contributed by atoms with E-state index >= 15 is 0 Å². The molecule has 8 heteroatoms. The minimum atomic E-state index is 0.417. The zero-order chi connectivity index (χ0) is 22.5. The zero-order valence-electron chi connectivity index (χ0n) is 18.6. The Kier molecular flexibility index (Phi) is 6.46. The van der Waals surface area contributed by atoms with Gasteiger partial charge in [-0.1, -0.05) is 18.2 Å². The lowest BCUT2D eigenvalue weighted by atomic mass is 10.2. The van der Waals surface area contributed by atoms with Crippen LogP contribution in [0.2, 0.25) is 0 Å². The van der Waals surface area contributed by atoms with Crippen molar-refractivity contribution in [1.29, 1.82) is 0 Å². The number of nitrogens with zero attached hydrogens (tertiary/aromatic N) is 4. The lowest BCUT2D eigenvalue weighted by Crippen LogP contribution is -2.37. The van der Waals surface area contributed by atoms with Crippen LogP contribution in [0.15, 0.2) is 54.9 Å². The van der Waals surface area contributed by atoms with Gasteiger partial charge in [-0.3, -0.25) is 4.90 Å². The van der Waals surface area contributed by atoms with E-state index in [-0.39, 0.29) is 0 Å². The fraction of sp³-hybridized carbons (Fsp3) is 0.320. The van der Waals surface area contributed by atoms with Crippen LogP contribution in [0.5, 0.6) is 23.3 Å². The highest BCUT2D eigenvalue weighted by Crippen LogP contribution is 2.36. The molecule has 0 amide bonds. The van der Waals surface area contributed by atoms with Crippen molar-refractivity contribution in [1.82, 2.24) is 19.9 Å². The van der Waals surface area contributed by atoms with Crippen molar-refractivity contribution in [2.75, 3.05) is 46.6 Å². The lowest BCUT2D eigenvalue weighted by molar-refractivity contribution is 0.0357. The molecule has 170 valence electrons. The van der Waals surface area contributed by atoms with E-state index in [1.54, 1.807) is 7.11 Å². The number of morpholine rings is 1. The van der Waals surface area contributed by atoms with Gasteiger partial charge >= 0.3 is 0 Å². The summed E-state index contributed by atoms with van der Waals surface area (Å²) in [6.07, 6.45) is 2.40. The van der Waals surface area contributed by atoms with E-state index in [0.717, 1.165) is 55.6 Å². The van der Waals surface area contributed by atoms with Crippen LogP contribution in [0.4, 0.5) is 0 Å². The van der Waals surface area contributed by atoms with Gasteiger partial charge < -0.3 is 18.9 Å². The average molecular weight is 447 g/mol. The third-order valence-electron chi connectivity index (χ3n) is 5.64. The van der Waals surface area contributed by atoms with Crippen LogP contribution in [-0.4, -0.2) is 66.4 Å². The second kappa shape index (κ2) is 9.97. The van der Waals surface area contributed by atoms with Gasteiger partial charge in [-0.25, -0.2) is 15.0 Å². The number of pyridine rings is 1. The minimum Gasteiger partial charge on any atom is -0.493 e. The Morgan fingerprint density at radius 3 is 2.73 bits per heavy atom. The van der Waals surface area contributed by atoms with Crippen molar-refractivity contribution in [3.05, 3.63) is 54.9 Å². The third kappa shape index (κ3) is 4.97. The van der Waals surface area contributed by atoms with Gasteiger partial charge in [0, 0.05) is 37.2 Å². The molecule has 0 N–H and O–H groups in total. The van der Waals surface area contributed by atoms with Crippen LogP contribution < -0.4 is 14.2 Å². The molecule has 0 aliphatic carbocycles. The fourth-order valence-electron chi connectivity index (χ4n) is 3.89. The number of para-hydroxylation sites is 1. The predicted molar refractivity (Wildman–Crippen MR) is 125 cm³/mol. The van der Waals surface area contributed by atoms with Crippen molar-refractivity contribution in [2.24, 2.45) is 0 Å². The van der Waals surface area contributed by atoms with Crippen LogP contribution in [0.1, 0.15) is 6.42 Å². The monoisotopic (exact) mass is 446 g/mol. The first-order chi connectivity index (χ1) is 16.3. The van der Waals surface area contributed by atoms with Crippen molar-refractivity contribution < 1.29 is 18.9 Å². The van der Waals surface area contributed by atoms with Crippen molar-refractivity contribution >= 4 is 21.8 Å². The Labute approximate surface area is 192 Å². The molecule has 1 aliphatic heterocycles. The Morgan fingerprint density at radius 2 is 1.85 bits per heavy atom. The molecule has 33 heavy (non-hydrogen) atoms. The van der Waals surface area contributed by atoms with Crippen LogP contribution in [-0.2, 0) is 4.74 Å². The molecule has 0 saturated carbocycles. The van der Waals surface area contributed by atoms with E-state index < -0.39 is 0 Å². The smallest absolute Gasteiger partial charge is 0.232 e. The van der Waals surface area contributed by atoms with Gasteiger partial charge in [0.15, 0.2) is 11.5 Å². The fourth-order valence-corrected chi connectivity index (χ4v) is 3.89. The molecule has 5 rings (SSSR count). The van der Waals surface area contributed by atoms with Gasteiger partial charge in [0.1, 0.15) is 6.33 Å². The minimum absolute atomic E-state index is 0.417. The summed E-state index contributed by atoms with van der Waals surface area (Å²) in [7, 11) is 1.62. The highest BCUT2D eigenvalue weighted by molar-refractivity contribution is 5.87. The molecule has 0 atom stereocenters. The van der Waals surface area contributed by atoms with Gasteiger partial charge in [0.25, 0.3) is 0 Å². The number of ether oxygens (including phenoxy) is 4. The van der Waals surface area contributed by atoms with Gasteiger partial charge in [0.05, 0.1) is 43.4 Å². The van der Waals surface area contributed by atoms with Crippen LogP contribution in [0.3, 0.4) is 0 Å². The highest BCUT2D eigenvalue weighted by atomic mass is 16.5. The number of aromatic nitrogens is 3. The summed E-state index contributed by atoms with van der Waals surface area (Å²) in [4.78, 5) is 15.7. The number of hydrogen-bond acceptors (Lipinski definition) is 8. The summed E-state index contributed by atoms with van der Waals surface area (Å²) in [6, 6.07) is 15.4. The third-order valence-corrected chi connectivity index (χ3v) is 5.64. The Bertz CT molecular complexity index is 1240. The standard InChI is InChI=1S/C25H26N4O4/c1-30-22-15-19-21(16-23(22)32-12-4-9-29-10-13-31-14-11-29)26-17-27-25(19)33-24-8-7-18-5-2-3-6-20(18)28-24/h2-3,5-8,15-17H,4,9-14H2,1H3. The molecule has 0 bridgehead atoms. The van der Waals surface area contributed by atoms with Gasteiger partial charge in [0.2, 0.25) is 11.8 Å². The maximum atomic E-state index is 6.04. The van der Waals surface area contributed by atoms with E-state index in [9.17, 15) is 0 Å². The molecule has 1 fully saturated rings. The lowest BCUT2D eigenvalue weighted by Gasteiger charge is -2.26. The summed E-state index contributed by atoms with van der Waals surface area (Å²) in [5.41, 5.74) is 1.57. The Hall–Kier alpha value is -3.49. The number of benzene rings is 2. The summed E-state index contributed by atoms with van der Waals surface area (Å²) >= 11 is 0. The normalized spacial score (nSPS) is 14.5. The van der Waals surface area contributed by atoms with Crippen LogP contribution in [0.25, 0.3) is 21.8 Å². The average Bonchev–Trinajstić information content (AvgIpc) is 2.87. The topological polar surface area (TPSA) is 78.8 Å². The van der Waals surface area contributed by atoms with E-state index in [2.05, 4.69) is 19.9 Å². The van der Waals surface area contributed by atoms with Crippen LogP contribution in [0, 0.1) is 0 Å². The Morgan fingerprint density at radius 1 is 0.970 bits per heavy atom. The first-order valence-corrected chi connectivity index (χ1v) is 11.1. The molecule has 2 aromatic carbocycles. The summed E-state index contributed by atoms with van der Waals surface area (Å²) in [6.45, 7) is 5.14. The summed E-state index contributed by atoms with van der Waals surface area (Å²) < 4.78 is 23.0. The predicted octanol–water partition coefficient (Wildman–Crippen LogP) is 4.08. The van der Waals surface area contributed by atoms with Crippen molar-refractivity contribution in [3.8, 4) is 23.3 Å². The van der Waals surface area contributed by atoms with Crippen molar-refractivity contribution in [3.63, 3.8) is 0 Å². The Balaban J connectivity index is 1.33. The molecule has 1 saturated heterocycles. The molecule has 1 aliphatic rings. The number of rotatable bonds is 8. The van der Waals surface area contributed by atoms with Gasteiger partial charge in [-0.05, 0) is 24.6 Å². The van der Waals surface area contributed by atoms with Gasteiger partial charge in [-0.15, -0.1) is 0 Å². The first-order valence-electron chi connectivity index (χ1n) is 11.1. The number of hydrogen-bond donors (Lipinski definition) is 0. The first kappa shape index (κ1) is 21.4. The largest absolute Gasteiger partial charge is 0.493 e.